The summed E-state index contributed by atoms with van der Waals surface area (Å²) in [6.07, 6.45) is 7.37. The lowest BCUT2D eigenvalue weighted by atomic mass is 9.69. The van der Waals surface area contributed by atoms with Crippen molar-refractivity contribution in [1.82, 2.24) is 10.6 Å². The Labute approximate surface area is 128 Å². The molecule has 3 aliphatic carbocycles. The Kier molecular flexibility index (Phi) is 2.84. The van der Waals surface area contributed by atoms with Gasteiger partial charge in [0.1, 0.15) is 0 Å². The van der Waals surface area contributed by atoms with Crippen molar-refractivity contribution in [3.05, 3.63) is 0 Å². The van der Waals surface area contributed by atoms with E-state index < -0.39 is 0 Å². The van der Waals surface area contributed by atoms with Crippen LogP contribution in [0.3, 0.4) is 0 Å². The van der Waals surface area contributed by atoms with E-state index in [1.165, 1.54) is 32.1 Å². The van der Waals surface area contributed by atoms with Crippen LogP contribution in [-0.2, 0) is 4.79 Å². The number of hydrogen-bond donors (Lipinski definition) is 2. The van der Waals surface area contributed by atoms with Gasteiger partial charge in [-0.25, -0.2) is 0 Å². The van der Waals surface area contributed by atoms with E-state index in [1.54, 1.807) is 0 Å². The molecule has 0 aromatic heterocycles. The van der Waals surface area contributed by atoms with E-state index in [-0.39, 0.29) is 0 Å². The van der Waals surface area contributed by atoms with E-state index in [9.17, 15) is 4.79 Å². The number of nitrogens with one attached hydrogen (secondary N) is 2. The average Bonchev–Trinajstić information content (AvgIpc) is 3.04. The molecular weight excluding hydrogens is 260 g/mol. The number of carbonyl (C=O) groups is 1. The van der Waals surface area contributed by atoms with Gasteiger partial charge in [-0.2, -0.15) is 0 Å². The van der Waals surface area contributed by atoms with Gasteiger partial charge < -0.3 is 10.6 Å². The van der Waals surface area contributed by atoms with Crippen LogP contribution in [-0.4, -0.2) is 25.0 Å². The molecule has 4 aliphatic rings. The lowest BCUT2D eigenvalue weighted by Gasteiger charge is -2.39. The predicted octanol–water partition coefficient (Wildman–Crippen LogP) is 2.71. The third kappa shape index (κ3) is 1.79. The van der Waals surface area contributed by atoms with Gasteiger partial charge in [-0.05, 0) is 73.8 Å². The van der Waals surface area contributed by atoms with E-state index in [4.69, 9.17) is 0 Å². The Balaban J connectivity index is 1.43. The SMILES string of the molecule is CC1(C)C2CCC1(C)C(NC(=O)C1CC13CCNCC3)C2. The van der Waals surface area contributed by atoms with Crippen LogP contribution in [0.5, 0.6) is 0 Å². The summed E-state index contributed by atoms with van der Waals surface area (Å²) in [5, 5.41) is 6.90. The zero-order chi connectivity index (χ0) is 14.9. The zero-order valence-corrected chi connectivity index (χ0v) is 13.8. The fraction of sp³-hybridized carbons (Fsp3) is 0.944. The first-order valence-corrected chi connectivity index (χ1v) is 8.90. The highest BCUT2D eigenvalue weighted by Gasteiger charge is 2.63. The number of piperidine rings is 1. The molecule has 1 amide bonds. The molecule has 3 heteroatoms. The van der Waals surface area contributed by atoms with Gasteiger partial charge in [-0.1, -0.05) is 20.8 Å². The summed E-state index contributed by atoms with van der Waals surface area (Å²) in [4.78, 5) is 12.7. The third-order valence-corrected chi connectivity index (χ3v) is 8.22. The largest absolute Gasteiger partial charge is 0.353 e. The van der Waals surface area contributed by atoms with E-state index in [0.29, 0.717) is 34.1 Å². The van der Waals surface area contributed by atoms with Crippen LogP contribution in [0.25, 0.3) is 0 Å². The highest BCUT2D eigenvalue weighted by atomic mass is 16.2. The molecule has 4 rings (SSSR count). The smallest absolute Gasteiger partial charge is 0.223 e. The van der Waals surface area contributed by atoms with Crippen molar-refractivity contribution in [1.29, 1.82) is 0 Å². The molecule has 1 heterocycles. The number of carbonyl (C=O) groups excluding carboxylic acids is 1. The summed E-state index contributed by atoms with van der Waals surface area (Å²) >= 11 is 0. The van der Waals surface area contributed by atoms with Gasteiger partial charge in [0.05, 0.1) is 0 Å². The fourth-order valence-electron chi connectivity index (χ4n) is 5.89. The molecule has 4 unspecified atom stereocenters. The van der Waals surface area contributed by atoms with Gasteiger partial charge in [0.25, 0.3) is 0 Å². The highest BCUT2D eigenvalue weighted by molar-refractivity contribution is 5.83. The molecule has 1 aliphatic heterocycles. The van der Waals surface area contributed by atoms with Crippen LogP contribution in [0.2, 0.25) is 0 Å². The summed E-state index contributed by atoms with van der Waals surface area (Å²) in [7, 11) is 0. The average molecular weight is 290 g/mol. The molecule has 118 valence electrons. The maximum atomic E-state index is 12.7. The number of fused-ring (bicyclic) bond motifs is 2. The Morgan fingerprint density at radius 2 is 1.86 bits per heavy atom. The highest BCUT2D eigenvalue weighted by Crippen LogP contribution is 2.66. The molecular formula is C18H30N2O. The monoisotopic (exact) mass is 290 g/mol. The van der Waals surface area contributed by atoms with E-state index in [2.05, 4.69) is 31.4 Å². The lowest BCUT2D eigenvalue weighted by Crippen LogP contribution is -2.48. The summed E-state index contributed by atoms with van der Waals surface area (Å²) in [6.45, 7) is 9.45. The number of amides is 1. The molecule has 1 spiro atoms. The summed E-state index contributed by atoms with van der Waals surface area (Å²) in [6, 6.07) is 0.415. The molecule has 0 aromatic rings. The lowest BCUT2D eigenvalue weighted by molar-refractivity contribution is -0.125. The fourth-order valence-corrected chi connectivity index (χ4v) is 5.89. The second kappa shape index (κ2) is 4.24. The molecule has 3 nitrogen and oxygen atoms in total. The van der Waals surface area contributed by atoms with Gasteiger partial charge in [-0.3, -0.25) is 4.79 Å². The van der Waals surface area contributed by atoms with E-state index >= 15 is 0 Å². The van der Waals surface area contributed by atoms with Gasteiger partial charge >= 0.3 is 0 Å². The topological polar surface area (TPSA) is 41.1 Å². The minimum atomic E-state index is 0.309. The molecule has 0 radical (unpaired) electrons. The van der Waals surface area contributed by atoms with Crippen molar-refractivity contribution in [2.24, 2.45) is 28.1 Å². The zero-order valence-electron chi connectivity index (χ0n) is 13.8. The normalized spacial score (nSPS) is 45.8. The quantitative estimate of drug-likeness (QED) is 0.821. The molecule has 21 heavy (non-hydrogen) atoms. The number of hydrogen-bond acceptors (Lipinski definition) is 2. The van der Waals surface area contributed by atoms with Crippen molar-refractivity contribution in [3.8, 4) is 0 Å². The first kappa shape index (κ1) is 14.0. The molecule has 3 saturated carbocycles. The van der Waals surface area contributed by atoms with Gasteiger partial charge in [0.2, 0.25) is 5.91 Å². The first-order chi connectivity index (χ1) is 9.89. The van der Waals surface area contributed by atoms with Crippen molar-refractivity contribution >= 4 is 5.91 Å². The van der Waals surface area contributed by atoms with Crippen LogP contribution in [0.1, 0.15) is 59.3 Å². The van der Waals surface area contributed by atoms with Crippen molar-refractivity contribution < 1.29 is 4.79 Å². The predicted molar refractivity (Wildman–Crippen MR) is 83.8 cm³/mol. The molecule has 2 bridgehead atoms. The van der Waals surface area contributed by atoms with Crippen molar-refractivity contribution in [2.75, 3.05) is 13.1 Å². The van der Waals surface area contributed by atoms with Crippen molar-refractivity contribution in [3.63, 3.8) is 0 Å². The van der Waals surface area contributed by atoms with Crippen molar-refractivity contribution in [2.45, 2.75) is 65.3 Å². The molecule has 4 fully saturated rings. The second-order valence-corrected chi connectivity index (χ2v) is 9.04. The molecule has 4 atom stereocenters. The van der Waals surface area contributed by atoms with Crippen LogP contribution >= 0.6 is 0 Å². The van der Waals surface area contributed by atoms with E-state index in [1.807, 2.05) is 0 Å². The maximum Gasteiger partial charge on any atom is 0.223 e. The van der Waals surface area contributed by atoms with Crippen LogP contribution in [0.4, 0.5) is 0 Å². The molecule has 1 saturated heterocycles. The summed E-state index contributed by atoms with van der Waals surface area (Å²) < 4.78 is 0. The number of rotatable bonds is 2. The van der Waals surface area contributed by atoms with Crippen LogP contribution in [0, 0.1) is 28.1 Å². The summed E-state index contributed by atoms with van der Waals surface area (Å²) in [5.41, 5.74) is 1.06. The molecule has 2 N–H and O–H groups in total. The van der Waals surface area contributed by atoms with Gasteiger partial charge in [0.15, 0.2) is 0 Å². The summed E-state index contributed by atoms with van der Waals surface area (Å²) in [5.74, 6) is 1.48. The second-order valence-electron chi connectivity index (χ2n) is 9.04. The van der Waals surface area contributed by atoms with Gasteiger partial charge in [0, 0.05) is 12.0 Å². The van der Waals surface area contributed by atoms with Gasteiger partial charge in [-0.15, -0.1) is 0 Å². The maximum absolute atomic E-state index is 12.7. The third-order valence-electron chi connectivity index (χ3n) is 8.22. The Hall–Kier alpha value is -0.570. The Morgan fingerprint density at radius 3 is 2.43 bits per heavy atom. The minimum absolute atomic E-state index is 0.309. The standard InChI is InChI=1S/C18H30N2O/c1-16(2)12-4-5-17(16,3)14(10-12)20-15(21)13-11-18(13)6-8-19-9-7-18/h12-14,19H,4-11H2,1-3H3,(H,20,21). The minimum Gasteiger partial charge on any atom is -0.353 e. The van der Waals surface area contributed by atoms with Crippen LogP contribution < -0.4 is 10.6 Å². The van der Waals surface area contributed by atoms with Crippen LogP contribution in [0.15, 0.2) is 0 Å². The Bertz CT molecular complexity index is 466. The first-order valence-electron chi connectivity index (χ1n) is 8.90. The van der Waals surface area contributed by atoms with E-state index in [0.717, 1.165) is 25.4 Å². The Morgan fingerprint density at radius 1 is 1.14 bits per heavy atom. The molecule has 0 aromatic carbocycles.